The number of H-pyrrole nitrogens is 1. The van der Waals surface area contributed by atoms with Crippen LogP contribution in [0.4, 0.5) is 0 Å². The zero-order valence-electron chi connectivity index (χ0n) is 12.3. The Balaban J connectivity index is 1.98. The van der Waals surface area contributed by atoms with Crippen molar-refractivity contribution in [3.63, 3.8) is 0 Å². The quantitative estimate of drug-likeness (QED) is 0.881. The zero-order valence-corrected chi connectivity index (χ0v) is 13.1. The summed E-state index contributed by atoms with van der Waals surface area (Å²) in [4.78, 5) is 11.1. The number of carboxylic acids is 1. The fourth-order valence-corrected chi connectivity index (χ4v) is 3.57. The second-order valence-electron chi connectivity index (χ2n) is 5.68. The normalized spacial score (nSPS) is 16.0. The molecule has 120 valence electrons. The third-order valence-corrected chi connectivity index (χ3v) is 4.64. The molecule has 2 aliphatic heterocycles. The van der Waals surface area contributed by atoms with Gasteiger partial charge in [0.15, 0.2) is 0 Å². The number of hydrogen-bond acceptors (Lipinski definition) is 4. The third-order valence-electron chi connectivity index (χ3n) is 4.24. The van der Waals surface area contributed by atoms with Gasteiger partial charge in [0.1, 0.15) is 17.2 Å². The van der Waals surface area contributed by atoms with Crippen molar-refractivity contribution in [3.05, 3.63) is 27.9 Å². The van der Waals surface area contributed by atoms with Crippen LogP contribution in [-0.4, -0.2) is 34.5 Å². The van der Waals surface area contributed by atoms with Crippen LogP contribution in [0.25, 0.3) is 11.3 Å². The lowest BCUT2D eigenvalue weighted by Gasteiger charge is -2.28. The van der Waals surface area contributed by atoms with Crippen LogP contribution in [0.3, 0.4) is 0 Å². The molecule has 6 nitrogen and oxygen atoms in total. The maximum atomic E-state index is 11.1. The molecule has 23 heavy (non-hydrogen) atoms. The van der Waals surface area contributed by atoms with Gasteiger partial charge in [0.05, 0.1) is 29.5 Å². The highest BCUT2D eigenvalue weighted by molar-refractivity contribution is 6.33. The van der Waals surface area contributed by atoms with Gasteiger partial charge >= 0.3 is 5.97 Å². The van der Waals surface area contributed by atoms with Crippen molar-refractivity contribution >= 4 is 17.6 Å². The van der Waals surface area contributed by atoms with Crippen molar-refractivity contribution in [1.29, 1.82) is 0 Å². The van der Waals surface area contributed by atoms with Gasteiger partial charge in [0.2, 0.25) is 0 Å². The predicted molar refractivity (Wildman–Crippen MR) is 83.6 cm³/mol. The number of aromatic nitrogens is 2. The van der Waals surface area contributed by atoms with Gasteiger partial charge < -0.3 is 14.6 Å². The Morgan fingerprint density at radius 3 is 2.57 bits per heavy atom. The Morgan fingerprint density at radius 1 is 1.17 bits per heavy atom. The fourth-order valence-electron chi connectivity index (χ4n) is 3.22. The first kappa shape index (κ1) is 14.4. The number of nitrogens with zero attached hydrogens (tertiary/aromatic N) is 1. The molecule has 1 aromatic heterocycles. The number of carboxylic acid groups (broad SMARTS) is 1. The molecule has 0 unspecified atom stereocenters. The largest absolute Gasteiger partial charge is 0.493 e. The van der Waals surface area contributed by atoms with Crippen molar-refractivity contribution < 1.29 is 19.4 Å². The Bertz CT molecular complexity index is 763. The summed E-state index contributed by atoms with van der Waals surface area (Å²) in [5, 5.41) is 16.5. The molecule has 7 heteroatoms. The van der Waals surface area contributed by atoms with Crippen LogP contribution in [0, 0.1) is 0 Å². The molecule has 0 amide bonds. The van der Waals surface area contributed by atoms with Crippen LogP contribution in [0.1, 0.15) is 34.5 Å². The number of benzene rings is 1. The average Bonchev–Trinajstić information content (AvgIpc) is 3.05. The van der Waals surface area contributed by atoms with Gasteiger partial charge in [-0.05, 0) is 31.7 Å². The van der Waals surface area contributed by atoms with Gasteiger partial charge in [-0.25, -0.2) is 4.79 Å². The van der Waals surface area contributed by atoms with E-state index in [2.05, 4.69) is 10.2 Å². The van der Waals surface area contributed by atoms with E-state index in [1.165, 1.54) is 6.07 Å². The number of aromatic carboxylic acids is 1. The third kappa shape index (κ3) is 2.25. The van der Waals surface area contributed by atoms with Crippen molar-refractivity contribution in [2.24, 2.45) is 0 Å². The molecule has 2 aliphatic rings. The summed E-state index contributed by atoms with van der Waals surface area (Å²) in [6, 6.07) is 1.53. The molecule has 0 saturated carbocycles. The van der Waals surface area contributed by atoms with E-state index in [1.54, 1.807) is 0 Å². The van der Waals surface area contributed by atoms with Gasteiger partial charge in [-0.2, -0.15) is 5.10 Å². The Hall–Kier alpha value is -2.21. The lowest BCUT2D eigenvalue weighted by Crippen LogP contribution is -2.16. The van der Waals surface area contributed by atoms with Gasteiger partial charge in [-0.3, -0.25) is 5.10 Å². The molecule has 0 bridgehead atoms. The lowest BCUT2D eigenvalue weighted by atomic mass is 9.91. The van der Waals surface area contributed by atoms with Crippen LogP contribution in [0.2, 0.25) is 5.02 Å². The molecule has 0 spiro atoms. The molecule has 2 aromatic rings. The van der Waals surface area contributed by atoms with E-state index in [-0.39, 0.29) is 5.69 Å². The molecular formula is C16H15ClN2O4. The van der Waals surface area contributed by atoms with Crippen LogP contribution in [0.15, 0.2) is 6.07 Å². The first-order valence-electron chi connectivity index (χ1n) is 7.58. The highest BCUT2D eigenvalue weighted by Crippen LogP contribution is 2.49. The van der Waals surface area contributed by atoms with Gasteiger partial charge in [-0.1, -0.05) is 11.6 Å². The fraction of sp³-hybridized carbons (Fsp3) is 0.375. The highest BCUT2D eigenvalue weighted by Gasteiger charge is 2.30. The van der Waals surface area contributed by atoms with E-state index < -0.39 is 5.97 Å². The SMILES string of the molecule is O=C(O)c1cc(-c2c3c(c(Cl)c4c2OCCC4)OCCC3)n[nH]1. The summed E-state index contributed by atoms with van der Waals surface area (Å²) in [6.07, 6.45) is 3.39. The Kier molecular flexibility index (Phi) is 3.41. The van der Waals surface area contributed by atoms with Crippen molar-refractivity contribution in [2.45, 2.75) is 25.7 Å². The Labute approximate surface area is 137 Å². The van der Waals surface area contributed by atoms with E-state index in [1.807, 2.05) is 0 Å². The molecule has 0 fully saturated rings. The molecule has 0 saturated heterocycles. The zero-order chi connectivity index (χ0) is 16.0. The standard InChI is InChI=1S/C16H15ClN2O4/c17-13-9-4-2-5-22-14(9)12(8-3-1-6-23-15(8)13)10-7-11(16(20)21)19-18-10/h7H,1-6H2,(H,18,19)(H,20,21). The van der Waals surface area contributed by atoms with E-state index in [4.69, 9.17) is 26.2 Å². The predicted octanol–water partition coefficient (Wildman–Crippen LogP) is 3.08. The van der Waals surface area contributed by atoms with Gasteiger partial charge in [-0.15, -0.1) is 0 Å². The smallest absolute Gasteiger partial charge is 0.353 e. The number of aromatic amines is 1. The van der Waals surface area contributed by atoms with E-state index >= 15 is 0 Å². The second kappa shape index (κ2) is 5.45. The summed E-state index contributed by atoms with van der Waals surface area (Å²) >= 11 is 6.53. The number of hydrogen-bond donors (Lipinski definition) is 2. The van der Waals surface area contributed by atoms with Crippen molar-refractivity contribution in [2.75, 3.05) is 13.2 Å². The number of fused-ring (bicyclic) bond motifs is 2. The number of halogens is 1. The summed E-state index contributed by atoms with van der Waals surface area (Å²) in [6.45, 7) is 1.25. The first-order chi connectivity index (χ1) is 11.2. The molecule has 2 N–H and O–H groups in total. The lowest BCUT2D eigenvalue weighted by molar-refractivity contribution is 0.0690. The molecular weight excluding hydrogens is 320 g/mol. The van der Waals surface area contributed by atoms with E-state index in [9.17, 15) is 4.79 Å². The van der Waals surface area contributed by atoms with Crippen LogP contribution < -0.4 is 9.47 Å². The first-order valence-corrected chi connectivity index (χ1v) is 7.96. The topological polar surface area (TPSA) is 84.4 Å². The molecule has 0 radical (unpaired) electrons. The van der Waals surface area contributed by atoms with E-state index in [0.717, 1.165) is 42.4 Å². The minimum absolute atomic E-state index is 0.0463. The second-order valence-corrected chi connectivity index (χ2v) is 6.06. The summed E-state index contributed by atoms with van der Waals surface area (Å²) in [5.41, 5.74) is 3.28. The number of ether oxygens (including phenoxy) is 2. The van der Waals surface area contributed by atoms with Crippen molar-refractivity contribution in [3.8, 4) is 22.8 Å². The monoisotopic (exact) mass is 334 g/mol. The number of nitrogens with one attached hydrogen (secondary N) is 1. The summed E-state index contributed by atoms with van der Waals surface area (Å²) < 4.78 is 11.7. The van der Waals surface area contributed by atoms with Crippen molar-refractivity contribution in [1.82, 2.24) is 10.2 Å². The average molecular weight is 335 g/mol. The molecule has 0 aliphatic carbocycles. The molecule has 3 heterocycles. The minimum Gasteiger partial charge on any atom is -0.493 e. The van der Waals surface area contributed by atoms with Crippen LogP contribution in [0.5, 0.6) is 11.5 Å². The summed E-state index contributed by atoms with van der Waals surface area (Å²) in [5.74, 6) is 0.364. The maximum absolute atomic E-state index is 11.1. The van der Waals surface area contributed by atoms with Crippen LogP contribution in [-0.2, 0) is 12.8 Å². The highest BCUT2D eigenvalue weighted by atomic mass is 35.5. The minimum atomic E-state index is -1.04. The molecule has 4 rings (SSSR count). The van der Waals surface area contributed by atoms with Gasteiger partial charge in [0.25, 0.3) is 0 Å². The maximum Gasteiger partial charge on any atom is 0.353 e. The number of rotatable bonds is 2. The summed E-state index contributed by atoms with van der Waals surface area (Å²) in [7, 11) is 0. The molecule has 0 atom stereocenters. The number of carbonyl (C=O) groups is 1. The Morgan fingerprint density at radius 2 is 1.87 bits per heavy atom. The van der Waals surface area contributed by atoms with E-state index in [0.29, 0.717) is 35.4 Å². The van der Waals surface area contributed by atoms with Gasteiger partial charge in [0, 0.05) is 11.1 Å². The van der Waals surface area contributed by atoms with Crippen LogP contribution >= 0.6 is 11.6 Å². The molecule has 1 aromatic carbocycles.